The largest absolute Gasteiger partial charge is 0.392 e. The molecule has 82 valence electrons. The minimum absolute atomic E-state index is 0.247. The SMILES string of the molecule is OC(Cc1ccc(F)cc1Br)C1CCC1. The minimum atomic E-state index is -0.277. The predicted molar refractivity (Wildman–Crippen MR) is 61.2 cm³/mol. The maximum Gasteiger partial charge on any atom is 0.124 e. The van der Waals surface area contributed by atoms with E-state index in [-0.39, 0.29) is 11.9 Å². The van der Waals surface area contributed by atoms with Crippen molar-refractivity contribution in [3.63, 3.8) is 0 Å². The summed E-state index contributed by atoms with van der Waals surface area (Å²) in [6.45, 7) is 0. The Morgan fingerprint density at radius 1 is 1.47 bits per heavy atom. The molecule has 1 aliphatic rings. The van der Waals surface area contributed by atoms with Crippen molar-refractivity contribution in [1.82, 2.24) is 0 Å². The van der Waals surface area contributed by atoms with Crippen molar-refractivity contribution in [3.8, 4) is 0 Å². The Balaban J connectivity index is 2.03. The van der Waals surface area contributed by atoms with Crippen molar-refractivity contribution in [3.05, 3.63) is 34.1 Å². The van der Waals surface area contributed by atoms with Crippen molar-refractivity contribution in [2.75, 3.05) is 0 Å². The first kappa shape index (κ1) is 11.1. The first-order valence-electron chi connectivity index (χ1n) is 5.29. The van der Waals surface area contributed by atoms with Crippen molar-refractivity contribution in [2.24, 2.45) is 5.92 Å². The summed E-state index contributed by atoms with van der Waals surface area (Å²) in [6, 6.07) is 4.62. The van der Waals surface area contributed by atoms with Gasteiger partial charge in [-0.3, -0.25) is 0 Å². The average Bonchev–Trinajstić information content (AvgIpc) is 2.07. The molecule has 1 N–H and O–H groups in total. The lowest BCUT2D eigenvalue weighted by Gasteiger charge is -2.30. The maximum atomic E-state index is 12.8. The summed E-state index contributed by atoms with van der Waals surface area (Å²) in [5, 5.41) is 9.90. The van der Waals surface area contributed by atoms with Gasteiger partial charge >= 0.3 is 0 Å². The van der Waals surface area contributed by atoms with E-state index in [0.717, 1.165) is 22.9 Å². The molecule has 0 aliphatic heterocycles. The molecule has 0 saturated heterocycles. The Kier molecular flexibility index (Phi) is 3.42. The number of benzene rings is 1. The second kappa shape index (κ2) is 4.62. The van der Waals surface area contributed by atoms with Crippen LogP contribution in [0.5, 0.6) is 0 Å². The molecule has 0 spiro atoms. The van der Waals surface area contributed by atoms with E-state index in [2.05, 4.69) is 15.9 Å². The first-order valence-corrected chi connectivity index (χ1v) is 6.08. The molecule has 0 amide bonds. The van der Waals surface area contributed by atoms with Gasteiger partial charge in [0.2, 0.25) is 0 Å². The summed E-state index contributed by atoms with van der Waals surface area (Å²) >= 11 is 3.31. The number of halogens is 2. The Labute approximate surface area is 97.4 Å². The third-order valence-corrected chi connectivity index (χ3v) is 3.88. The lowest BCUT2D eigenvalue weighted by molar-refractivity contribution is 0.0628. The van der Waals surface area contributed by atoms with Crippen LogP contribution in [-0.2, 0) is 6.42 Å². The van der Waals surface area contributed by atoms with Crippen LogP contribution >= 0.6 is 15.9 Å². The molecule has 1 nitrogen and oxygen atoms in total. The maximum absolute atomic E-state index is 12.8. The van der Waals surface area contributed by atoms with Gasteiger partial charge in [-0.25, -0.2) is 4.39 Å². The zero-order chi connectivity index (χ0) is 10.8. The van der Waals surface area contributed by atoms with E-state index in [1.54, 1.807) is 6.07 Å². The molecule has 0 radical (unpaired) electrons. The first-order chi connectivity index (χ1) is 7.16. The Morgan fingerprint density at radius 2 is 2.20 bits per heavy atom. The van der Waals surface area contributed by atoms with E-state index in [0.29, 0.717) is 12.3 Å². The summed E-state index contributed by atoms with van der Waals surface area (Å²) in [6.07, 6.45) is 3.82. The predicted octanol–water partition coefficient (Wildman–Crippen LogP) is 3.29. The van der Waals surface area contributed by atoms with E-state index in [4.69, 9.17) is 0 Å². The Morgan fingerprint density at radius 3 is 2.73 bits per heavy atom. The fourth-order valence-corrected chi connectivity index (χ4v) is 2.42. The van der Waals surface area contributed by atoms with E-state index < -0.39 is 0 Å². The molecule has 1 unspecified atom stereocenters. The van der Waals surface area contributed by atoms with Gasteiger partial charge in [-0.2, -0.15) is 0 Å². The molecule has 1 aromatic rings. The molecule has 1 aliphatic carbocycles. The lowest BCUT2D eigenvalue weighted by atomic mass is 9.79. The van der Waals surface area contributed by atoms with Gasteiger partial charge in [-0.05, 0) is 42.9 Å². The molecule has 15 heavy (non-hydrogen) atoms. The van der Waals surface area contributed by atoms with Gasteiger partial charge < -0.3 is 5.11 Å². The highest BCUT2D eigenvalue weighted by Gasteiger charge is 2.25. The number of hydrogen-bond donors (Lipinski definition) is 1. The molecule has 0 aromatic heterocycles. The van der Waals surface area contributed by atoms with Gasteiger partial charge in [0.25, 0.3) is 0 Å². The summed E-state index contributed by atoms with van der Waals surface area (Å²) in [5.74, 6) is 0.200. The molecular weight excluding hydrogens is 259 g/mol. The topological polar surface area (TPSA) is 20.2 Å². The van der Waals surface area contributed by atoms with Gasteiger partial charge in [-0.15, -0.1) is 0 Å². The van der Waals surface area contributed by atoms with Crippen LogP contribution in [0.25, 0.3) is 0 Å². The van der Waals surface area contributed by atoms with Crippen LogP contribution in [-0.4, -0.2) is 11.2 Å². The van der Waals surface area contributed by atoms with Crippen LogP contribution in [0.1, 0.15) is 24.8 Å². The fourth-order valence-electron chi connectivity index (χ4n) is 1.90. The van der Waals surface area contributed by atoms with Crippen LogP contribution in [0.3, 0.4) is 0 Å². The van der Waals surface area contributed by atoms with E-state index >= 15 is 0 Å². The Bertz CT molecular complexity index is 349. The monoisotopic (exact) mass is 272 g/mol. The van der Waals surface area contributed by atoms with Crippen LogP contribution < -0.4 is 0 Å². The molecule has 0 bridgehead atoms. The van der Waals surface area contributed by atoms with Crippen LogP contribution in [0.2, 0.25) is 0 Å². The van der Waals surface area contributed by atoms with Gasteiger partial charge in [0.1, 0.15) is 5.82 Å². The quantitative estimate of drug-likeness (QED) is 0.896. The minimum Gasteiger partial charge on any atom is -0.392 e. The molecular formula is C12H14BrFO. The van der Waals surface area contributed by atoms with E-state index in [1.165, 1.54) is 18.6 Å². The van der Waals surface area contributed by atoms with Crippen molar-refractivity contribution >= 4 is 15.9 Å². The normalized spacial score (nSPS) is 18.6. The van der Waals surface area contributed by atoms with Gasteiger partial charge in [0.05, 0.1) is 6.10 Å². The zero-order valence-electron chi connectivity index (χ0n) is 8.42. The van der Waals surface area contributed by atoms with Crippen LogP contribution in [0, 0.1) is 11.7 Å². The zero-order valence-corrected chi connectivity index (χ0v) is 10.0. The number of aliphatic hydroxyl groups is 1. The number of hydrogen-bond acceptors (Lipinski definition) is 1. The summed E-state index contributed by atoms with van der Waals surface area (Å²) in [7, 11) is 0. The molecule has 1 aromatic carbocycles. The van der Waals surface area contributed by atoms with Crippen molar-refractivity contribution in [1.29, 1.82) is 0 Å². The van der Waals surface area contributed by atoms with E-state index in [1.807, 2.05) is 0 Å². The highest BCUT2D eigenvalue weighted by molar-refractivity contribution is 9.10. The number of rotatable bonds is 3. The third-order valence-electron chi connectivity index (χ3n) is 3.14. The highest BCUT2D eigenvalue weighted by atomic mass is 79.9. The third kappa shape index (κ3) is 2.58. The molecule has 1 fully saturated rings. The Hall–Kier alpha value is -0.410. The van der Waals surface area contributed by atoms with Gasteiger partial charge in [0.15, 0.2) is 0 Å². The number of aliphatic hydroxyl groups excluding tert-OH is 1. The summed E-state index contributed by atoms with van der Waals surface area (Å²) < 4.78 is 13.6. The molecule has 2 rings (SSSR count). The van der Waals surface area contributed by atoms with Crippen molar-refractivity contribution < 1.29 is 9.50 Å². The molecule has 3 heteroatoms. The van der Waals surface area contributed by atoms with Gasteiger partial charge in [0, 0.05) is 4.47 Å². The fraction of sp³-hybridized carbons (Fsp3) is 0.500. The second-order valence-corrected chi connectivity index (χ2v) is 5.05. The smallest absolute Gasteiger partial charge is 0.124 e. The van der Waals surface area contributed by atoms with Crippen LogP contribution in [0.15, 0.2) is 22.7 Å². The molecule has 0 heterocycles. The molecule has 1 atom stereocenters. The van der Waals surface area contributed by atoms with E-state index in [9.17, 15) is 9.50 Å². The van der Waals surface area contributed by atoms with Crippen LogP contribution in [0.4, 0.5) is 4.39 Å². The summed E-state index contributed by atoms with van der Waals surface area (Å²) in [5.41, 5.74) is 0.982. The average molecular weight is 273 g/mol. The van der Waals surface area contributed by atoms with Gasteiger partial charge in [-0.1, -0.05) is 28.4 Å². The summed E-state index contributed by atoms with van der Waals surface area (Å²) in [4.78, 5) is 0. The highest BCUT2D eigenvalue weighted by Crippen LogP contribution is 2.32. The second-order valence-electron chi connectivity index (χ2n) is 4.20. The lowest BCUT2D eigenvalue weighted by Crippen LogP contribution is -2.28. The molecule has 1 saturated carbocycles. The van der Waals surface area contributed by atoms with Crippen molar-refractivity contribution in [2.45, 2.75) is 31.8 Å². The standard InChI is InChI=1S/C12H14BrFO/c13-11-7-10(14)5-4-9(11)6-12(15)8-2-1-3-8/h4-5,7-8,12,15H,1-3,6H2.